The molecule has 1 aliphatic rings. The summed E-state index contributed by atoms with van der Waals surface area (Å²) in [7, 11) is 3.00. The van der Waals surface area contributed by atoms with Gasteiger partial charge in [-0.1, -0.05) is 23.8 Å². The van der Waals surface area contributed by atoms with Gasteiger partial charge in [-0.15, -0.1) is 0 Å². The van der Waals surface area contributed by atoms with Crippen LogP contribution in [0.4, 0.5) is 11.4 Å². The number of hydrogen-bond acceptors (Lipinski definition) is 9. The average Bonchev–Trinajstić information content (AvgIpc) is 3.60. The zero-order chi connectivity index (χ0) is 29.0. The zero-order valence-electron chi connectivity index (χ0n) is 22.9. The number of amides is 3. The molecule has 40 heavy (non-hydrogen) atoms. The van der Waals surface area contributed by atoms with Gasteiger partial charge in [0.2, 0.25) is 5.91 Å². The highest BCUT2D eigenvalue weighted by molar-refractivity contribution is 7.09. The van der Waals surface area contributed by atoms with Gasteiger partial charge < -0.3 is 31.0 Å². The van der Waals surface area contributed by atoms with Crippen molar-refractivity contribution in [3.05, 3.63) is 63.7 Å². The van der Waals surface area contributed by atoms with Crippen LogP contribution in [-0.4, -0.2) is 55.6 Å². The lowest BCUT2D eigenvalue weighted by Gasteiger charge is -2.33. The van der Waals surface area contributed by atoms with Crippen molar-refractivity contribution in [1.29, 1.82) is 0 Å². The molecule has 4 rings (SSSR count). The van der Waals surface area contributed by atoms with Gasteiger partial charge in [-0.05, 0) is 67.5 Å². The number of carbonyl (C=O) groups is 3. The smallest absolute Gasteiger partial charge is 0.273 e. The number of methoxy groups -OCH3 is 2. The third kappa shape index (κ3) is 5.87. The van der Waals surface area contributed by atoms with E-state index in [0.29, 0.717) is 29.4 Å². The standard InChI is InChI=1S/C28H33N5O6S/c1-15-7-9-19(16(2)12-15)33(28(36)25-22(29)23(26(30)34)32-40-25)24(27(35)31-14-18-6-5-11-39-18)17-8-10-20(37-3)21(13-17)38-4/h7-10,12-13,18,24H,5-6,11,14,29H2,1-4H3,(H2,30,34)(H,31,35)/t18-,24+/m0/s1. The van der Waals surface area contributed by atoms with Crippen molar-refractivity contribution in [2.24, 2.45) is 5.73 Å². The van der Waals surface area contributed by atoms with Crippen LogP contribution in [0.3, 0.4) is 0 Å². The quantitative estimate of drug-likeness (QED) is 0.337. The largest absolute Gasteiger partial charge is 0.493 e. The molecule has 1 aliphatic heterocycles. The van der Waals surface area contributed by atoms with Crippen molar-refractivity contribution in [2.75, 3.05) is 38.0 Å². The first kappa shape index (κ1) is 28.8. The molecule has 1 aromatic heterocycles. The molecule has 5 N–H and O–H groups in total. The van der Waals surface area contributed by atoms with E-state index >= 15 is 0 Å². The Bertz CT molecular complexity index is 1420. The monoisotopic (exact) mass is 567 g/mol. The summed E-state index contributed by atoms with van der Waals surface area (Å²) < 4.78 is 20.6. The van der Waals surface area contributed by atoms with Crippen LogP contribution in [-0.2, 0) is 9.53 Å². The van der Waals surface area contributed by atoms with Crippen molar-refractivity contribution in [1.82, 2.24) is 9.69 Å². The van der Waals surface area contributed by atoms with Gasteiger partial charge in [0.05, 0.1) is 26.0 Å². The highest BCUT2D eigenvalue weighted by atomic mass is 32.1. The number of rotatable bonds is 10. The van der Waals surface area contributed by atoms with Crippen LogP contribution in [0, 0.1) is 13.8 Å². The lowest BCUT2D eigenvalue weighted by atomic mass is 10.00. The summed E-state index contributed by atoms with van der Waals surface area (Å²) in [6, 6.07) is 9.41. The lowest BCUT2D eigenvalue weighted by Crippen LogP contribution is -2.46. The molecule has 0 radical (unpaired) electrons. The number of anilines is 2. The number of benzene rings is 2. The molecule has 2 atom stereocenters. The summed E-state index contributed by atoms with van der Waals surface area (Å²) in [4.78, 5) is 41.5. The number of primary amides is 1. The SMILES string of the molecule is COc1ccc([C@H](C(=O)NC[C@@H]2CCCO2)N(C(=O)c2snc(C(N)=O)c2N)c2ccc(C)cc2C)cc1OC. The van der Waals surface area contributed by atoms with Crippen LogP contribution in [0.1, 0.15) is 55.7 Å². The summed E-state index contributed by atoms with van der Waals surface area (Å²) in [5.41, 5.74) is 13.9. The van der Waals surface area contributed by atoms with Crippen LogP contribution < -0.4 is 31.2 Å². The molecule has 3 amide bonds. The maximum Gasteiger partial charge on any atom is 0.273 e. The van der Waals surface area contributed by atoms with E-state index in [4.69, 9.17) is 25.7 Å². The first-order valence-electron chi connectivity index (χ1n) is 12.7. The van der Waals surface area contributed by atoms with E-state index in [2.05, 4.69) is 9.69 Å². The van der Waals surface area contributed by atoms with Crippen LogP contribution in [0.25, 0.3) is 0 Å². The number of nitrogens with one attached hydrogen (secondary N) is 1. The van der Waals surface area contributed by atoms with E-state index < -0.39 is 23.8 Å². The Morgan fingerprint density at radius 1 is 1.15 bits per heavy atom. The second kappa shape index (κ2) is 12.3. The molecule has 0 saturated carbocycles. The maximum absolute atomic E-state index is 14.3. The fraction of sp³-hybridized carbons (Fsp3) is 0.357. The number of aryl methyl sites for hydroxylation is 2. The highest BCUT2D eigenvalue weighted by Crippen LogP contribution is 2.38. The fourth-order valence-corrected chi connectivity index (χ4v) is 5.48. The Balaban J connectivity index is 1.89. The molecule has 2 aromatic carbocycles. The van der Waals surface area contributed by atoms with Crippen LogP contribution >= 0.6 is 11.5 Å². The van der Waals surface area contributed by atoms with E-state index in [1.54, 1.807) is 24.3 Å². The lowest BCUT2D eigenvalue weighted by molar-refractivity contribution is -0.123. The van der Waals surface area contributed by atoms with Crippen molar-refractivity contribution in [3.8, 4) is 11.5 Å². The van der Waals surface area contributed by atoms with Crippen molar-refractivity contribution in [3.63, 3.8) is 0 Å². The Morgan fingerprint density at radius 3 is 2.50 bits per heavy atom. The van der Waals surface area contributed by atoms with Crippen molar-refractivity contribution < 1.29 is 28.6 Å². The number of carbonyl (C=O) groups excluding carboxylic acids is 3. The highest BCUT2D eigenvalue weighted by Gasteiger charge is 2.37. The zero-order valence-corrected chi connectivity index (χ0v) is 23.7. The summed E-state index contributed by atoms with van der Waals surface area (Å²) in [6.45, 7) is 4.71. The van der Waals surface area contributed by atoms with Crippen LogP contribution in [0.5, 0.6) is 11.5 Å². The first-order valence-corrected chi connectivity index (χ1v) is 13.5. The average molecular weight is 568 g/mol. The Labute approximate surface area is 236 Å². The van der Waals surface area contributed by atoms with Crippen LogP contribution in [0.2, 0.25) is 0 Å². The van der Waals surface area contributed by atoms with E-state index in [1.165, 1.54) is 19.1 Å². The predicted molar refractivity (Wildman–Crippen MR) is 152 cm³/mol. The molecule has 12 heteroatoms. The number of aromatic nitrogens is 1. The molecule has 1 saturated heterocycles. The Hall–Kier alpha value is -4.16. The minimum Gasteiger partial charge on any atom is -0.493 e. The molecule has 1 fully saturated rings. The van der Waals surface area contributed by atoms with E-state index in [0.717, 1.165) is 35.5 Å². The number of ether oxygens (including phenoxy) is 3. The van der Waals surface area contributed by atoms with Gasteiger partial charge in [0.15, 0.2) is 17.2 Å². The van der Waals surface area contributed by atoms with Gasteiger partial charge >= 0.3 is 0 Å². The Kier molecular flexibility index (Phi) is 8.90. The van der Waals surface area contributed by atoms with E-state index in [1.807, 2.05) is 26.0 Å². The molecular weight excluding hydrogens is 534 g/mol. The molecule has 0 aliphatic carbocycles. The molecule has 0 spiro atoms. The van der Waals surface area contributed by atoms with E-state index in [9.17, 15) is 14.4 Å². The summed E-state index contributed by atoms with van der Waals surface area (Å²) in [6.07, 6.45) is 1.63. The molecule has 0 bridgehead atoms. The molecule has 11 nitrogen and oxygen atoms in total. The minimum atomic E-state index is -1.16. The van der Waals surface area contributed by atoms with Gasteiger partial charge in [-0.3, -0.25) is 19.3 Å². The maximum atomic E-state index is 14.3. The minimum absolute atomic E-state index is 0.00817. The van der Waals surface area contributed by atoms with Crippen molar-refractivity contribution >= 4 is 40.6 Å². The molecule has 3 aromatic rings. The molecule has 212 valence electrons. The topological polar surface area (TPSA) is 159 Å². The van der Waals surface area contributed by atoms with Gasteiger partial charge in [0.1, 0.15) is 10.9 Å². The third-order valence-electron chi connectivity index (χ3n) is 6.74. The molecule has 0 unspecified atom stereocenters. The number of nitrogens with zero attached hydrogens (tertiary/aromatic N) is 2. The van der Waals surface area contributed by atoms with Crippen molar-refractivity contribution in [2.45, 2.75) is 38.8 Å². The summed E-state index contributed by atoms with van der Waals surface area (Å²) in [5, 5.41) is 2.97. The first-order chi connectivity index (χ1) is 19.2. The van der Waals surface area contributed by atoms with Gasteiger partial charge in [0, 0.05) is 18.8 Å². The summed E-state index contributed by atoms with van der Waals surface area (Å²) >= 11 is 0.753. The molecular formula is C28H33N5O6S. The fourth-order valence-electron chi connectivity index (χ4n) is 4.74. The molecule has 2 heterocycles. The normalized spacial score (nSPS) is 15.3. The van der Waals surface area contributed by atoms with Gasteiger partial charge in [-0.25, -0.2) is 0 Å². The predicted octanol–water partition coefficient (Wildman–Crippen LogP) is 3.14. The van der Waals surface area contributed by atoms with Crippen LogP contribution in [0.15, 0.2) is 36.4 Å². The number of nitrogens with two attached hydrogens (primary N) is 2. The summed E-state index contributed by atoms with van der Waals surface area (Å²) in [5.74, 6) is -1.04. The second-order valence-electron chi connectivity index (χ2n) is 9.50. The van der Waals surface area contributed by atoms with Gasteiger partial charge in [0.25, 0.3) is 11.8 Å². The second-order valence-corrected chi connectivity index (χ2v) is 10.3. The van der Waals surface area contributed by atoms with E-state index in [-0.39, 0.29) is 28.9 Å². The number of nitrogen functional groups attached to an aromatic ring is 1. The third-order valence-corrected chi connectivity index (χ3v) is 7.60. The Morgan fingerprint density at radius 2 is 1.90 bits per heavy atom. The van der Waals surface area contributed by atoms with Gasteiger partial charge in [-0.2, -0.15) is 4.37 Å². The number of hydrogen-bond donors (Lipinski definition) is 3.